The Balaban J connectivity index is 2.19. The Morgan fingerprint density at radius 1 is 1.40 bits per heavy atom. The number of carboxylic acids is 1. The molecule has 0 fully saturated rings. The van der Waals surface area contributed by atoms with E-state index >= 15 is 0 Å². The smallest absolute Gasteiger partial charge is 0.419 e. The summed E-state index contributed by atoms with van der Waals surface area (Å²) in [5.41, 5.74) is -1.21. The van der Waals surface area contributed by atoms with Gasteiger partial charge in [0.2, 0.25) is 0 Å². The summed E-state index contributed by atoms with van der Waals surface area (Å²) in [6.07, 6.45) is -1.73. The van der Waals surface area contributed by atoms with Gasteiger partial charge in [-0.1, -0.05) is 0 Å². The highest BCUT2D eigenvalue weighted by atomic mass is 32.1. The first-order valence-corrected chi connectivity index (χ1v) is 6.07. The molecule has 0 saturated carbocycles. The van der Waals surface area contributed by atoms with Gasteiger partial charge in [-0.15, -0.1) is 11.3 Å². The average Bonchev–Trinajstić information content (AvgIpc) is 3.01. The monoisotopic (exact) mass is 302 g/mol. The number of nitrogens with zero attached hydrogens (tertiary/aromatic N) is 4. The molecule has 0 saturated heterocycles. The fourth-order valence-electron chi connectivity index (χ4n) is 1.72. The molecule has 0 aliphatic heterocycles. The van der Waals surface area contributed by atoms with Crippen molar-refractivity contribution in [1.82, 2.24) is 19.2 Å². The number of aromatic carboxylic acids is 1. The number of imidazole rings is 1. The molecule has 3 rings (SSSR count). The molecule has 0 amide bonds. The van der Waals surface area contributed by atoms with E-state index in [2.05, 4.69) is 10.1 Å². The molecule has 3 aromatic heterocycles. The highest BCUT2D eigenvalue weighted by Gasteiger charge is 2.33. The van der Waals surface area contributed by atoms with Crippen molar-refractivity contribution in [3.8, 4) is 5.82 Å². The number of fused-ring (bicyclic) bond motifs is 1. The van der Waals surface area contributed by atoms with E-state index in [-0.39, 0.29) is 11.5 Å². The Morgan fingerprint density at radius 2 is 2.15 bits per heavy atom. The molecule has 1 N–H and O–H groups in total. The number of hydrogen-bond acceptors (Lipinski definition) is 4. The highest BCUT2D eigenvalue weighted by molar-refractivity contribution is 7.15. The molecule has 0 unspecified atom stereocenters. The van der Waals surface area contributed by atoms with Crippen molar-refractivity contribution in [2.75, 3.05) is 0 Å². The Hall–Kier alpha value is -2.36. The van der Waals surface area contributed by atoms with Crippen molar-refractivity contribution in [1.29, 1.82) is 0 Å². The van der Waals surface area contributed by atoms with Gasteiger partial charge in [-0.25, -0.2) is 9.48 Å². The van der Waals surface area contributed by atoms with Crippen LogP contribution in [0.1, 0.15) is 16.1 Å². The van der Waals surface area contributed by atoms with E-state index in [0.717, 1.165) is 4.68 Å². The van der Waals surface area contributed by atoms with Crippen LogP contribution in [0.2, 0.25) is 0 Å². The number of aromatic nitrogens is 4. The molecule has 3 aromatic rings. The van der Waals surface area contributed by atoms with Gasteiger partial charge in [-0.2, -0.15) is 23.3 Å². The molecule has 0 bridgehead atoms. The maximum atomic E-state index is 12.5. The van der Waals surface area contributed by atoms with Crippen LogP contribution in [0.4, 0.5) is 13.2 Å². The lowest BCUT2D eigenvalue weighted by molar-refractivity contribution is -0.137. The van der Waals surface area contributed by atoms with Gasteiger partial charge >= 0.3 is 12.1 Å². The van der Waals surface area contributed by atoms with Gasteiger partial charge in [0.05, 0.1) is 11.8 Å². The van der Waals surface area contributed by atoms with Crippen LogP contribution in [-0.2, 0) is 6.18 Å². The van der Waals surface area contributed by atoms with Crippen LogP contribution in [-0.4, -0.2) is 30.2 Å². The van der Waals surface area contributed by atoms with Crippen molar-refractivity contribution in [3.63, 3.8) is 0 Å². The van der Waals surface area contributed by atoms with Crippen molar-refractivity contribution in [2.45, 2.75) is 6.18 Å². The van der Waals surface area contributed by atoms with Gasteiger partial charge in [0.25, 0.3) is 0 Å². The lowest BCUT2D eigenvalue weighted by Gasteiger charge is -2.01. The fourth-order valence-corrected chi connectivity index (χ4v) is 2.43. The van der Waals surface area contributed by atoms with Gasteiger partial charge in [0.15, 0.2) is 16.5 Å². The van der Waals surface area contributed by atoms with Crippen LogP contribution in [0.5, 0.6) is 0 Å². The first kappa shape index (κ1) is 12.7. The van der Waals surface area contributed by atoms with Gasteiger partial charge in [0, 0.05) is 17.8 Å². The maximum Gasteiger partial charge on any atom is 0.419 e. The molecule has 0 atom stereocenters. The summed E-state index contributed by atoms with van der Waals surface area (Å²) < 4.78 is 39.7. The molecule has 20 heavy (non-hydrogen) atoms. The molecule has 10 heteroatoms. The molecule has 6 nitrogen and oxygen atoms in total. The summed E-state index contributed by atoms with van der Waals surface area (Å²) in [4.78, 5) is 15.6. The van der Waals surface area contributed by atoms with E-state index in [1.165, 1.54) is 21.9 Å². The zero-order chi connectivity index (χ0) is 14.5. The highest BCUT2D eigenvalue weighted by Crippen LogP contribution is 2.29. The largest absolute Gasteiger partial charge is 0.476 e. The molecule has 0 aliphatic carbocycles. The van der Waals surface area contributed by atoms with Crippen LogP contribution in [0.3, 0.4) is 0 Å². The van der Waals surface area contributed by atoms with Crippen molar-refractivity contribution in [2.24, 2.45) is 0 Å². The predicted molar refractivity (Wildman–Crippen MR) is 62.2 cm³/mol. The average molecular weight is 302 g/mol. The quantitative estimate of drug-likeness (QED) is 0.788. The number of thiazole rings is 1. The SMILES string of the molecule is O=C(O)c1c(-n2cc(C(F)(F)F)cn2)nc2sccn12. The molecular formula is C10H5F3N4O2S. The molecule has 0 aliphatic rings. The molecule has 0 aromatic carbocycles. The van der Waals surface area contributed by atoms with Crippen LogP contribution < -0.4 is 0 Å². The van der Waals surface area contributed by atoms with Gasteiger partial charge < -0.3 is 5.11 Å². The number of alkyl halides is 3. The van der Waals surface area contributed by atoms with E-state index in [0.29, 0.717) is 17.4 Å². The first-order valence-electron chi connectivity index (χ1n) is 5.19. The second-order valence-corrected chi connectivity index (χ2v) is 4.69. The van der Waals surface area contributed by atoms with E-state index in [1.54, 1.807) is 5.38 Å². The van der Waals surface area contributed by atoms with Crippen LogP contribution >= 0.6 is 11.3 Å². The summed E-state index contributed by atoms with van der Waals surface area (Å²) in [5.74, 6) is -1.45. The second-order valence-electron chi connectivity index (χ2n) is 3.82. The minimum Gasteiger partial charge on any atom is -0.476 e. The van der Waals surface area contributed by atoms with Crippen LogP contribution in [0.15, 0.2) is 24.0 Å². The number of rotatable bonds is 2. The van der Waals surface area contributed by atoms with Crippen molar-refractivity contribution < 1.29 is 23.1 Å². The fraction of sp³-hybridized carbons (Fsp3) is 0.100. The minimum absolute atomic E-state index is 0.153. The zero-order valence-electron chi connectivity index (χ0n) is 9.50. The van der Waals surface area contributed by atoms with E-state index < -0.39 is 17.7 Å². The summed E-state index contributed by atoms with van der Waals surface area (Å²) in [6, 6.07) is 0. The number of halogens is 3. The summed E-state index contributed by atoms with van der Waals surface area (Å²) in [7, 11) is 0. The third kappa shape index (κ3) is 1.84. The number of carbonyl (C=O) groups is 1. The van der Waals surface area contributed by atoms with Gasteiger partial charge in [-0.05, 0) is 0 Å². The lowest BCUT2D eigenvalue weighted by atomic mass is 10.3. The van der Waals surface area contributed by atoms with E-state index in [4.69, 9.17) is 0 Å². The molecular weight excluding hydrogens is 297 g/mol. The molecule has 0 radical (unpaired) electrons. The zero-order valence-corrected chi connectivity index (χ0v) is 10.3. The Labute approximate surface area is 112 Å². The van der Waals surface area contributed by atoms with Crippen molar-refractivity contribution >= 4 is 22.3 Å². The van der Waals surface area contributed by atoms with E-state index in [1.807, 2.05) is 0 Å². The number of hydrogen-bond donors (Lipinski definition) is 1. The van der Waals surface area contributed by atoms with Gasteiger partial charge in [0.1, 0.15) is 0 Å². The van der Waals surface area contributed by atoms with Crippen molar-refractivity contribution in [3.05, 3.63) is 35.2 Å². The predicted octanol–water partition coefficient (Wildman–Crippen LogP) is 2.30. The lowest BCUT2D eigenvalue weighted by Crippen LogP contribution is -2.08. The summed E-state index contributed by atoms with van der Waals surface area (Å²) >= 11 is 1.17. The Kier molecular flexibility index (Phi) is 2.57. The van der Waals surface area contributed by atoms with Crippen LogP contribution in [0, 0.1) is 0 Å². The maximum absolute atomic E-state index is 12.5. The minimum atomic E-state index is -4.54. The van der Waals surface area contributed by atoms with Crippen LogP contribution in [0.25, 0.3) is 10.8 Å². The third-order valence-electron chi connectivity index (χ3n) is 2.57. The molecule has 104 valence electrons. The normalized spacial score (nSPS) is 12.2. The summed E-state index contributed by atoms with van der Waals surface area (Å²) in [6.45, 7) is 0. The Bertz CT molecular complexity index is 801. The second kappa shape index (κ2) is 4.07. The molecule has 3 heterocycles. The Morgan fingerprint density at radius 3 is 2.75 bits per heavy atom. The molecule has 0 spiro atoms. The third-order valence-corrected chi connectivity index (χ3v) is 3.33. The van der Waals surface area contributed by atoms with E-state index in [9.17, 15) is 23.1 Å². The standard InChI is InChI=1S/C10H5F3N4O2S/c11-10(12,13)5-3-14-17(4-5)7-6(8(18)19)16-1-2-20-9(16)15-7/h1-4H,(H,18,19). The summed E-state index contributed by atoms with van der Waals surface area (Å²) in [5, 5.41) is 14.3. The van der Waals surface area contributed by atoms with Gasteiger partial charge in [-0.3, -0.25) is 4.40 Å². The topological polar surface area (TPSA) is 72.4 Å². The number of carboxylic acid groups (broad SMARTS) is 1. The first-order chi connectivity index (χ1) is 9.38.